The molecule has 1 unspecified atom stereocenters. The highest BCUT2D eigenvalue weighted by Crippen LogP contribution is 2.40. The molecule has 1 atom stereocenters. The normalized spacial score (nSPS) is 15.2. The lowest BCUT2D eigenvalue weighted by Gasteiger charge is -2.20. The number of nitrogens with zero attached hydrogens (tertiary/aromatic N) is 4. The van der Waals surface area contributed by atoms with E-state index in [1.54, 1.807) is 35.6 Å². The topological polar surface area (TPSA) is 81.4 Å². The maximum atomic E-state index is 13.3. The third kappa shape index (κ3) is 3.94. The molecule has 0 spiro atoms. The van der Waals surface area contributed by atoms with E-state index in [0.29, 0.717) is 42.4 Å². The minimum Gasteiger partial charge on any atom is -0.478 e. The van der Waals surface area contributed by atoms with Gasteiger partial charge in [0.15, 0.2) is 11.3 Å². The second-order valence-electron chi connectivity index (χ2n) is 7.19. The molecule has 1 fully saturated rings. The fourth-order valence-electron chi connectivity index (χ4n) is 3.30. The molecule has 0 aliphatic heterocycles. The molecule has 3 aromatic rings. The SMILES string of the molecule is CCOc1cccc(-c2cc(C)n3cnc(C(=O)NC(C4CC4)C(F)(F)F)c3n2)n1. The fraction of sp³-hybridized carbons (Fsp3) is 0.400. The number of amides is 1. The summed E-state index contributed by atoms with van der Waals surface area (Å²) in [6, 6.07) is 5.10. The van der Waals surface area contributed by atoms with Gasteiger partial charge in [-0.25, -0.2) is 15.0 Å². The van der Waals surface area contributed by atoms with Crippen molar-refractivity contribution >= 4 is 11.6 Å². The Morgan fingerprint density at radius 1 is 1.30 bits per heavy atom. The number of halogens is 3. The van der Waals surface area contributed by atoms with Crippen molar-refractivity contribution in [3.05, 3.63) is 42.0 Å². The van der Waals surface area contributed by atoms with Crippen LogP contribution in [0.25, 0.3) is 17.0 Å². The van der Waals surface area contributed by atoms with Gasteiger partial charge in [-0.1, -0.05) is 6.07 Å². The van der Waals surface area contributed by atoms with Gasteiger partial charge in [-0.15, -0.1) is 0 Å². The van der Waals surface area contributed by atoms with E-state index < -0.39 is 24.0 Å². The predicted octanol–water partition coefficient (Wildman–Crippen LogP) is 3.57. The van der Waals surface area contributed by atoms with Gasteiger partial charge in [-0.2, -0.15) is 13.2 Å². The maximum Gasteiger partial charge on any atom is 0.408 e. The number of rotatable bonds is 6. The molecule has 7 nitrogen and oxygen atoms in total. The van der Waals surface area contributed by atoms with Gasteiger partial charge in [0.1, 0.15) is 12.4 Å². The average Bonchev–Trinajstić information content (AvgIpc) is 3.43. The summed E-state index contributed by atoms with van der Waals surface area (Å²) >= 11 is 0. The van der Waals surface area contributed by atoms with Crippen LogP contribution in [0.4, 0.5) is 13.2 Å². The molecule has 3 aromatic heterocycles. The molecule has 0 radical (unpaired) electrons. The largest absolute Gasteiger partial charge is 0.478 e. The Morgan fingerprint density at radius 2 is 2.07 bits per heavy atom. The molecule has 0 bridgehead atoms. The van der Waals surface area contributed by atoms with Crippen molar-refractivity contribution in [3.63, 3.8) is 0 Å². The van der Waals surface area contributed by atoms with Gasteiger partial charge in [0.25, 0.3) is 5.91 Å². The molecule has 1 N–H and O–H groups in total. The summed E-state index contributed by atoms with van der Waals surface area (Å²) in [6.45, 7) is 4.09. The van der Waals surface area contributed by atoms with E-state index in [-0.39, 0.29) is 11.3 Å². The van der Waals surface area contributed by atoms with Crippen LogP contribution in [0.3, 0.4) is 0 Å². The number of nitrogens with one attached hydrogen (secondary N) is 1. The molecule has 1 saturated carbocycles. The molecule has 1 amide bonds. The number of carbonyl (C=O) groups is 1. The summed E-state index contributed by atoms with van der Waals surface area (Å²) < 4.78 is 46.9. The van der Waals surface area contributed by atoms with E-state index in [1.807, 2.05) is 6.92 Å². The number of hydrogen-bond acceptors (Lipinski definition) is 5. The van der Waals surface area contributed by atoms with Gasteiger partial charge in [0.05, 0.1) is 18.0 Å². The molecule has 10 heteroatoms. The first-order valence-electron chi connectivity index (χ1n) is 9.60. The molecule has 4 rings (SSSR count). The Hall–Kier alpha value is -3.17. The van der Waals surface area contributed by atoms with E-state index in [0.717, 1.165) is 0 Å². The summed E-state index contributed by atoms with van der Waals surface area (Å²) in [5.41, 5.74) is 1.70. The van der Waals surface area contributed by atoms with Gasteiger partial charge in [0.2, 0.25) is 5.88 Å². The molecule has 3 heterocycles. The lowest BCUT2D eigenvalue weighted by molar-refractivity contribution is -0.158. The number of aryl methyl sites for hydroxylation is 1. The molecular formula is C20H20F3N5O2. The molecule has 0 aromatic carbocycles. The third-order valence-electron chi connectivity index (χ3n) is 4.92. The molecule has 30 heavy (non-hydrogen) atoms. The standard InChI is InChI=1S/C20H20F3N5O2/c1-3-30-15-6-4-5-13(25-15)14-9-11(2)28-10-24-16(18(28)26-14)19(29)27-17(12-7-8-12)20(21,22)23/h4-6,9-10,12,17H,3,7-8H2,1-2H3,(H,27,29). The zero-order chi connectivity index (χ0) is 21.5. The molecule has 1 aliphatic carbocycles. The summed E-state index contributed by atoms with van der Waals surface area (Å²) in [7, 11) is 0. The Bertz CT molecular complexity index is 1090. The smallest absolute Gasteiger partial charge is 0.408 e. The summed E-state index contributed by atoms with van der Waals surface area (Å²) in [4.78, 5) is 25.5. The number of pyridine rings is 1. The quantitative estimate of drug-likeness (QED) is 0.661. The molecule has 158 valence electrons. The van der Waals surface area contributed by atoms with Crippen molar-refractivity contribution in [1.29, 1.82) is 0 Å². The van der Waals surface area contributed by atoms with Crippen LogP contribution in [-0.2, 0) is 0 Å². The monoisotopic (exact) mass is 419 g/mol. The van der Waals surface area contributed by atoms with Crippen LogP contribution in [0.15, 0.2) is 30.6 Å². The summed E-state index contributed by atoms with van der Waals surface area (Å²) in [5.74, 6) is -1.05. The number of alkyl halides is 3. The van der Waals surface area contributed by atoms with E-state index in [4.69, 9.17) is 4.74 Å². The highest BCUT2D eigenvalue weighted by Gasteiger charge is 2.50. The van der Waals surface area contributed by atoms with Crippen LogP contribution < -0.4 is 10.1 Å². The second kappa shape index (κ2) is 7.58. The Kier molecular flexibility index (Phi) is 5.08. The zero-order valence-electron chi connectivity index (χ0n) is 16.4. The van der Waals surface area contributed by atoms with Crippen molar-refractivity contribution in [1.82, 2.24) is 24.7 Å². The van der Waals surface area contributed by atoms with Crippen LogP contribution in [-0.4, -0.2) is 44.1 Å². The first kappa shape index (κ1) is 20.1. The van der Waals surface area contributed by atoms with Crippen LogP contribution in [0.1, 0.15) is 35.9 Å². The van der Waals surface area contributed by atoms with Crippen molar-refractivity contribution in [2.45, 2.75) is 38.9 Å². The minimum atomic E-state index is -4.51. The Morgan fingerprint density at radius 3 is 2.73 bits per heavy atom. The number of fused-ring (bicyclic) bond motifs is 1. The van der Waals surface area contributed by atoms with Gasteiger partial charge < -0.3 is 10.1 Å². The highest BCUT2D eigenvalue weighted by atomic mass is 19.4. The first-order valence-corrected chi connectivity index (χ1v) is 9.60. The Labute approximate surface area is 170 Å². The number of ether oxygens (including phenoxy) is 1. The Balaban J connectivity index is 1.70. The van der Waals surface area contributed by atoms with Gasteiger partial charge >= 0.3 is 6.18 Å². The number of aromatic nitrogens is 4. The predicted molar refractivity (Wildman–Crippen MR) is 102 cm³/mol. The average molecular weight is 419 g/mol. The second-order valence-corrected chi connectivity index (χ2v) is 7.19. The van der Waals surface area contributed by atoms with E-state index >= 15 is 0 Å². The van der Waals surface area contributed by atoms with E-state index in [9.17, 15) is 18.0 Å². The molecular weight excluding hydrogens is 399 g/mol. The summed E-state index contributed by atoms with van der Waals surface area (Å²) in [5, 5.41) is 2.10. The highest BCUT2D eigenvalue weighted by molar-refractivity contribution is 5.98. The number of hydrogen-bond donors (Lipinski definition) is 1. The molecule has 0 saturated heterocycles. The van der Waals surface area contributed by atoms with Crippen LogP contribution in [0, 0.1) is 12.8 Å². The lowest BCUT2D eigenvalue weighted by Crippen LogP contribution is -2.47. The third-order valence-corrected chi connectivity index (χ3v) is 4.92. The zero-order valence-corrected chi connectivity index (χ0v) is 16.4. The van der Waals surface area contributed by atoms with Gasteiger partial charge in [-0.05, 0) is 44.7 Å². The fourth-order valence-corrected chi connectivity index (χ4v) is 3.30. The van der Waals surface area contributed by atoms with Crippen molar-refractivity contribution in [2.24, 2.45) is 5.92 Å². The number of imidazole rings is 1. The van der Waals surface area contributed by atoms with Crippen LogP contribution >= 0.6 is 0 Å². The van der Waals surface area contributed by atoms with Gasteiger partial charge in [-0.3, -0.25) is 9.20 Å². The first-order chi connectivity index (χ1) is 14.3. The minimum absolute atomic E-state index is 0.157. The lowest BCUT2D eigenvalue weighted by atomic mass is 10.1. The van der Waals surface area contributed by atoms with Crippen molar-refractivity contribution in [2.75, 3.05) is 6.61 Å². The van der Waals surface area contributed by atoms with Crippen LogP contribution in [0.5, 0.6) is 5.88 Å². The van der Waals surface area contributed by atoms with E-state index in [1.165, 1.54) is 6.33 Å². The van der Waals surface area contributed by atoms with Gasteiger partial charge in [0, 0.05) is 11.8 Å². The maximum absolute atomic E-state index is 13.3. The number of carbonyl (C=O) groups excluding carboxylic acids is 1. The van der Waals surface area contributed by atoms with E-state index in [2.05, 4.69) is 20.3 Å². The van der Waals surface area contributed by atoms with Crippen molar-refractivity contribution < 1.29 is 22.7 Å². The van der Waals surface area contributed by atoms with Crippen molar-refractivity contribution in [3.8, 4) is 17.3 Å². The summed E-state index contributed by atoms with van der Waals surface area (Å²) in [6.07, 6.45) is -2.25. The molecule has 1 aliphatic rings. The van der Waals surface area contributed by atoms with Crippen LogP contribution in [0.2, 0.25) is 0 Å².